The number of nitrogens with two attached hydrogens (primary N) is 1. The van der Waals surface area contributed by atoms with Crippen molar-refractivity contribution in [1.29, 1.82) is 0 Å². The number of carbonyl (C=O) groups is 1. The summed E-state index contributed by atoms with van der Waals surface area (Å²) in [6.45, 7) is 0. The molecule has 0 aromatic rings. The van der Waals surface area contributed by atoms with Crippen molar-refractivity contribution in [1.82, 2.24) is 3.71 Å². The predicted molar refractivity (Wildman–Crippen MR) is 29.4 cm³/mol. The second-order valence-corrected chi connectivity index (χ2v) is 1.74. The van der Waals surface area contributed by atoms with E-state index in [9.17, 15) is 4.79 Å². The Morgan fingerprint density at radius 2 is 1.71 bits per heavy atom. The third-order valence-electron chi connectivity index (χ3n) is 0.197. The van der Waals surface area contributed by atoms with Crippen LogP contribution in [0.15, 0.2) is 0 Å². The molecule has 0 radical (unpaired) electrons. The van der Waals surface area contributed by atoms with Crippen LogP contribution in [0.3, 0.4) is 0 Å². The van der Waals surface area contributed by atoms with Crippen molar-refractivity contribution in [2.75, 3.05) is 0 Å². The zero-order valence-corrected chi connectivity index (χ0v) is 7.03. The van der Waals surface area contributed by atoms with Crippen LogP contribution in [0, 0.1) is 0 Å². The minimum atomic E-state index is -0.679. The number of nitrogens with zero attached hydrogens (tertiary/aromatic N) is 1. The summed E-state index contributed by atoms with van der Waals surface area (Å²) in [5.74, 6) is 0. The Morgan fingerprint density at radius 3 is 1.71 bits per heavy atom. The molecular formula is CH4MoN2OS2. The van der Waals surface area contributed by atoms with Crippen LogP contribution in [0.4, 0.5) is 4.79 Å². The van der Waals surface area contributed by atoms with E-state index in [-0.39, 0.29) is 21.1 Å². The molecule has 0 unspecified atom stereocenters. The Hall–Kier alpha value is 0.658. The van der Waals surface area contributed by atoms with E-state index < -0.39 is 6.03 Å². The number of urea groups is 1. The van der Waals surface area contributed by atoms with Crippen LogP contribution in [-0.2, 0) is 21.1 Å². The monoisotopic (exact) mass is 222 g/mol. The molecule has 7 heavy (non-hydrogen) atoms. The summed E-state index contributed by atoms with van der Waals surface area (Å²) < 4.78 is 0.694. The molecule has 2 N–H and O–H groups in total. The van der Waals surface area contributed by atoms with E-state index in [4.69, 9.17) is 0 Å². The molecule has 0 spiro atoms. The predicted octanol–water partition coefficient (Wildman–Crippen LogP) is 0.0542. The van der Waals surface area contributed by atoms with Gasteiger partial charge in [-0.05, 0) is 0 Å². The number of carbonyl (C=O) groups excluding carboxylic acids is 1. The summed E-state index contributed by atoms with van der Waals surface area (Å²) in [6.07, 6.45) is 0. The molecule has 0 aromatic heterocycles. The fourth-order valence-electron chi connectivity index (χ4n) is 0. The standard InChI is InChI=1S/CH4N2OS2.Mo/c2-1(4)3(5)6;/h5-6H,(H2,2,4);. The maximum absolute atomic E-state index is 9.69. The van der Waals surface area contributed by atoms with Gasteiger partial charge in [-0.25, -0.2) is 8.51 Å². The molecule has 6 heteroatoms. The van der Waals surface area contributed by atoms with Gasteiger partial charge in [-0.2, -0.15) is 0 Å². The van der Waals surface area contributed by atoms with Crippen molar-refractivity contribution < 1.29 is 25.9 Å². The van der Waals surface area contributed by atoms with Gasteiger partial charge in [0.2, 0.25) is 0 Å². The van der Waals surface area contributed by atoms with E-state index in [1.54, 1.807) is 0 Å². The van der Waals surface area contributed by atoms with Crippen LogP contribution < -0.4 is 5.73 Å². The smallest absolute Gasteiger partial charge is 0.334 e. The van der Waals surface area contributed by atoms with Gasteiger partial charge >= 0.3 is 6.03 Å². The fourth-order valence-corrected chi connectivity index (χ4v) is 0. The quantitative estimate of drug-likeness (QED) is 0.392. The van der Waals surface area contributed by atoms with Gasteiger partial charge in [0, 0.05) is 21.1 Å². The van der Waals surface area contributed by atoms with E-state index in [2.05, 4.69) is 31.4 Å². The molecular weight excluding hydrogens is 216 g/mol. The molecule has 42 valence electrons. The number of amides is 2. The molecule has 0 aromatic carbocycles. The van der Waals surface area contributed by atoms with Crippen molar-refractivity contribution in [3.05, 3.63) is 0 Å². The van der Waals surface area contributed by atoms with Crippen LogP contribution in [0.25, 0.3) is 0 Å². The van der Waals surface area contributed by atoms with Crippen LogP contribution in [0.1, 0.15) is 0 Å². The van der Waals surface area contributed by atoms with Gasteiger partial charge in [-0.3, -0.25) is 0 Å². The van der Waals surface area contributed by atoms with Crippen molar-refractivity contribution in [2.24, 2.45) is 5.73 Å². The molecule has 0 heterocycles. The van der Waals surface area contributed by atoms with E-state index in [1.165, 1.54) is 0 Å². The fraction of sp³-hybridized carbons (Fsp3) is 0. The van der Waals surface area contributed by atoms with Gasteiger partial charge in [0.05, 0.1) is 0 Å². The molecule has 2 amide bonds. The number of hydrogen-bond acceptors (Lipinski definition) is 3. The molecule has 0 fully saturated rings. The minimum absolute atomic E-state index is 0. The molecule has 0 aliphatic carbocycles. The third kappa shape index (κ3) is 6.66. The Labute approximate surface area is 67.0 Å². The van der Waals surface area contributed by atoms with Crippen LogP contribution in [0.5, 0.6) is 0 Å². The molecule has 0 saturated heterocycles. The molecule has 0 atom stereocenters. The first kappa shape index (κ1) is 10.6. The zero-order chi connectivity index (χ0) is 5.15. The molecule has 0 aliphatic heterocycles. The topological polar surface area (TPSA) is 46.3 Å². The van der Waals surface area contributed by atoms with E-state index in [1.807, 2.05) is 0 Å². The summed E-state index contributed by atoms with van der Waals surface area (Å²) >= 11 is 6.83. The van der Waals surface area contributed by atoms with Crippen molar-refractivity contribution in [3.63, 3.8) is 0 Å². The second-order valence-electron chi connectivity index (χ2n) is 0.628. The SMILES string of the molecule is NC(=O)N(S)S.[Mo]. The molecule has 3 nitrogen and oxygen atoms in total. The zero-order valence-electron chi connectivity index (χ0n) is 3.24. The van der Waals surface area contributed by atoms with Gasteiger partial charge in [-0.1, -0.05) is 25.6 Å². The Balaban J connectivity index is 0. The molecule has 0 saturated carbocycles. The van der Waals surface area contributed by atoms with Gasteiger partial charge in [0.15, 0.2) is 0 Å². The normalized spacial score (nSPS) is 6.57. The summed E-state index contributed by atoms with van der Waals surface area (Å²) in [6, 6.07) is -0.679. The third-order valence-corrected chi connectivity index (χ3v) is 0.591. The maximum Gasteiger partial charge on any atom is 0.334 e. The number of hydrogen-bond donors (Lipinski definition) is 3. The minimum Gasteiger partial charge on any atom is -0.350 e. The van der Waals surface area contributed by atoms with Crippen molar-refractivity contribution in [3.8, 4) is 0 Å². The second kappa shape index (κ2) is 4.81. The average molecular weight is 220 g/mol. The number of primary amides is 1. The number of thiol groups is 2. The van der Waals surface area contributed by atoms with E-state index >= 15 is 0 Å². The van der Waals surface area contributed by atoms with Gasteiger partial charge < -0.3 is 5.73 Å². The number of rotatable bonds is 0. The van der Waals surface area contributed by atoms with Crippen LogP contribution in [0.2, 0.25) is 0 Å². The Kier molecular flexibility index (Phi) is 7.28. The van der Waals surface area contributed by atoms with Crippen molar-refractivity contribution in [2.45, 2.75) is 0 Å². The molecule has 0 rings (SSSR count). The first-order valence-electron chi connectivity index (χ1n) is 1.12. The summed E-state index contributed by atoms with van der Waals surface area (Å²) in [4.78, 5) is 9.69. The summed E-state index contributed by atoms with van der Waals surface area (Å²) in [5.41, 5.74) is 4.57. The Morgan fingerprint density at radius 1 is 1.57 bits per heavy atom. The molecule has 0 bridgehead atoms. The Bertz CT molecular complexity index is 66.7. The van der Waals surface area contributed by atoms with Crippen molar-refractivity contribution >= 4 is 31.7 Å². The van der Waals surface area contributed by atoms with E-state index in [0.717, 1.165) is 0 Å². The van der Waals surface area contributed by atoms with Crippen LogP contribution in [-0.4, -0.2) is 9.74 Å². The largest absolute Gasteiger partial charge is 0.350 e. The van der Waals surface area contributed by atoms with E-state index in [0.29, 0.717) is 3.71 Å². The maximum atomic E-state index is 9.69. The first-order valence-corrected chi connectivity index (χ1v) is 1.92. The van der Waals surface area contributed by atoms with Gasteiger partial charge in [-0.15, -0.1) is 0 Å². The first-order chi connectivity index (χ1) is 2.64. The van der Waals surface area contributed by atoms with Crippen LogP contribution >= 0.6 is 25.6 Å². The van der Waals surface area contributed by atoms with Gasteiger partial charge in [0.25, 0.3) is 0 Å². The average Bonchev–Trinajstić information content (AvgIpc) is 1.36. The molecule has 0 aliphatic rings. The summed E-state index contributed by atoms with van der Waals surface area (Å²) in [7, 11) is 0. The van der Waals surface area contributed by atoms with Gasteiger partial charge in [0.1, 0.15) is 0 Å². The summed E-state index contributed by atoms with van der Waals surface area (Å²) in [5, 5.41) is 0.